The highest BCUT2D eigenvalue weighted by Crippen LogP contribution is 2.12. The summed E-state index contributed by atoms with van der Waals surface area (Å²) in [6.07, 6.45) is 1.41. The Morgan fingerprint density at radius 1 is 1.47 bits per heavy atom. The van der Waals surface area contributed by atoms with E-state index >= 15 is 0 Å². The van der Waals surface area contributed by atoms with Crippen molar-refractivity contribution in [3.63, 3.8) is 0 Å². The van der Waals surface area contributed by atoms with Gasteiger partial charge in [0.1, 0.15) is 9.84 Å². The molecule has 0 N–H and O–H groups in total. The molecule has 0 amide bonds. The van der Waals surface area contributed by atoms with Gasteiger partial charge in [-0.15, -0.1) is 11.6 Å². The van der Waals surface area contributed by atoms with Crippen molar-refractivity contribution >= 4 is 21.4 Å². The first-order chi connectivity index (χ1) is 6.90. The average Bonchev–Trinajstić information content (AvgIpc) is 2.13. The molecule has 0 aliphatic carbocycles. The maximum Gasteiger partial charge on any atom is 0.148 e. The van der Waals surface area contributed by atoms with Gasteiger partial charge in [0.2, 0.25) is 0 Å². The van der Waals surface area contributed by atoms with Crippen LogP contribution in [0.2, 0.25) is 0 Å². The molecule has 0 aromatic rings. The lowest BCUT2D eigenvalue weighted by atomic mass is 10.2. The van der Waals surface area contributed by atoms with E-state index in [1.807, 2.05) is 6.92 Å². The van der Waals surface area contributed by atoms with Crippen LogP contribution in [-0.2, 0) is 14.6 Å². The van der Waals surface area contributed by atoms with Gasteiger partial charge >= 0.3 is 0 Å². The van der Waals surface area contributed by atoms with Gasteiger partial charge in [-0.05, 0) is 6.92 Å². The summed E-state index contributed by atoms with van der Waals surface area (Å²) in [4.78, 5) is 2.10. The van der Waals surface area contributed by atoms with Crippen molar-refractivity contribution in [2.24, 2.45) is 0 Å². The predicted octanol–water partition coefficient (Wildman–Crippen LogP) is 0.359. The number of nitrogens with zero attached hydrogens (tertiary/aromatic N) is 1. The highest BCUT2D eigenvalue weighted by molar-refractivity contribution is 7.90. The zero-order valence-corrected chi connectivity index (χ0v) is 10.7. The Bertz CT molecular complexity index is 294. The lowest BCUT2D eigenvalue weighted by molar-refractivity contribution is -0.0645. The summed E-state index contributed by atoms with van der Waals surface area (Å²) in [5, 5.41) is 0. The molecular weight excluding hydrogens is 238 g/mol. The average molecular weight is 256 g/mol. The minimum absolute atomic E-state index is 0.0231. The number of halogens is 1. The van der Waals surface area contributed by atoms with E-state index in [9.17, 15) is 8.42 Å². The zero-order valence-electron chi connectivity index (χ0n) is 9.15. The minimum Gasteiger partial charge on any atom is -0.371 e. The fourth-order valence-corrected chi connectivity index (χ4v) is 2.46. The van der Waals surface area contributed by atoms with Crippen molar-refractivity contribution in [2.75, 3.05) is 37.5 Å². The maximum absolute atomic E-state index is 11.0. The maximum atomic E-state index is 11.0. The van der Waals surface area contributed by atoms with Gasteiger partial charge < -0.3 is 4.74 Å². The Balaban J connectivity index is 2.41. The molecule has 0 aromatic carbocycles. The number of hydrogen-bond acceptors (Lipinski definition) is 4. The van der Waals surface area contributed by atoms with Crippen molar-refractivity contribution in [2.45, 2.75) is 19.1 Å². The third-order valence-corrected chi connectivity index (χ3v) is 3.62. The van der Waals surface area contributed by atoms with E-state index in [2.05, 4.69) is 4.90 Å². The topological polar surface area (TPSA) is 46.6 Å². The first-order valence-electron chi connectivity index (χ1n) is 5.02. The third kappa shape index (κ3) is 5.15. The van der Waals surface area contributed by atoms with Crippen LogP contribution in [0.15, 0.2) is 0 Å². The van der Waals surface area contributed by atoms with Crippen LogP contribution < -0.4 is 0 Å². The highest BCUT2D eigenvalue weighted by Gasteiger charge is 2.24. The summed E-state index contributed by atoms with van der Waals surface area (Å²) < 4.78 is 27.6. The Kier molecular flexibility index (Phi) is 4.83. The highest BCUT2D eigenvalue weighted by atomic mass is 35.5. The van der Waals surface area contributed by atoms with Crippen LogP contribution in [-0.4, -0.2) is 63.0 Å². The molecule has 0 bridgehead atoms. The van der Waals surface area contributed by atoms with Gasteiger partial charge in [-0.1, -0.05) is 0 Å². The monoisotopic (exact) mass is 255 g/mol. The van der Waals surface area contributed by atoms with E-state index < -0.39 is 9.84 Å². The van der Waals surface area contributed by atoms with Crippen LogP contribution in [0.1, 0.15) is 6.92 Å². The second kappa shape index (κ2) is 5.48. The zero-order chi connectivity index (χ0) is 11.5. The Labute approximate surface area is 96.5 Å². The largest absolute Gasteiger partial charge is 0.371 e. The first-order valence-corrected chi connectivity index (χ1v) is 7.61. The van der Waals surface area contributed by atoms with E-state index in [4.69, 9.17) is 16.3 Å². The van der Waals surface area contributed by atoms with Gasteiger partial charge in [0, 0.05) is 31.8 Å². The fraction of sp³-hybridized carbons (Fsp3) is 1.00. The molecule has 6 heteroatoms. The molecule has 0 radical (unpaired) electrons. The number of sulfone groups is 1. The molecule has 1 rings (SSSR count). The predicted molar refractivity (Wildman–Crippen MR) is 61.2 cm³/mol. The van der Waals surface area contributed by atoms with Crippen molar-refractivity contribution < 1.29 is 13.2 Å². The summed E-state index contributed by atoms with van der Waals surface area (Å²) in [6, 6.07) is 0. The molecule has 1 aliphatic heterocycles. The third-order valence-electron chi connectivity index (χ3n) is 2.35. The van der Waals surface area contributed by atoms with Crippen LogP contribution in [0.4, 0.5) is 0 Å². The van der Waals surface area contributed by atoms with Gasteiger partial charge in [-0.2, -0.15) is 0 Å². The summed E-state index contributed by atoms with van der Waals surface area (Å²) in [6.45, 7) is 4.05. The number of hydrogen-bond donors (Lipinski definition) is 0. The van der Waals surface area contributed by atoms with E-state index in [1.165, 1.54) is 6.26 Å². The molecule has 1 fully saturated rings. The second-order valence-electron chi connectivity index (χ2n) is 4.11. The summed E-state index contributed by atoms with van der Waals surface area (Å²) in [7, 11) is -2.88. The molecule has 4 nitrogen and oxygen atoms in total. The Hall–Kier alpha value is 0.160. The second-order valence-corrected chi connectivity index (χ2v) is 6.68. The van der Waals surface area contributed by atoms with Gasteiger partial charge in [0.25, 0.3) is 0 Å². The first kappa shape index (κ1) is 13.2. The van der Waals surface area contributed by atoms with Crippen molar-refractivity contribution in [1.82, 2.24) is 4.90 Å². The summed E-state index contributed by atoms with van der Waals surface area (Å²) >= 11 is 5.73. The molecule has 0 spiro atoms. The van der Waals surface area contributed by atoms with Crippen LogP contribution >= 0.6 is 11.6 Å². The van der Waals surface area contributed by atoms with E-state index in [0.717, 1.165) is 13.1 Å². The Morgan fingerprint density at radius 2 is 2.13 bits per heavy atom. The molecule has 15 heavy (non-hydrogen) atoms. The summed E-state index contributed by atoms with van der Waals surface area (Å²) in [5.74, 6) is 0.661. The van der Waals surface area contributed by atoms with Crippen molar-refractivity contribution in [3.05, 3.63) is 0 Å². The number of alkyl halides is 1. The molecular formula is C9H18ClNO3S. The van der Waals surface area contributed by atoms with Gasteiger partial charge in [-0.25, -0.2) is 8.42 Å². The quantitative estimate of drug-likeness (QED) is 0.681. The van der Waals surface area contributed by atoms with Crippen LogP contribution in [0.25, 0.3) is 0 Å². The molecule has 0 saturated carbocycles. The van der Waals surface area contributed by atoms with Gasteiger partial charge in [-0.3, -0.25) is 4.90 Å². The molecule has 2 unspecified atom stereocenters. The molecule has 1 saturated heterocycles. The van der Waals surface area contributed by atoms with Crippen molar-refractivity contribution in [1.29, 1.82) is 0 Å². The van der Waals surface area contributed by atoms with Crippen LogP contribution in [0.3, 0.4) is 0 Å². The van der Waals surface area contributed by atoms with E-state index in [0.29, 0.717) is 12.4 Å². The molecule has 2 atom stereocenters. The lowest BCUT2D eigenvalue weighted by Crippen LogP contribution is -2.48. The Morgan fingerprint density at radius 3 is 2.67 bits per heavy atom. The molecule has 1 aliphatic rings. The van der Waals surface area contributed by atoms with Crippen molar-refractivity contribution in [3.8, 4) is 0 Å². The van der Waals surface area contributed by atoms with Gasteiger partial charge in [0.05, 0.1) is 18.0 Å². The number of ether oxygens (including phenoxy) is 1. The smallest absolute Gasteiger partial charge is 0.148 e. The standard InChI is InChI=1S/C9H18ClNO3S/c1-8-6-11(3-4-15(2,12)13)7-9(5-10)14-8/h8-9H,3-7H2,1-2H3. The lowest BCUT2D eigenvalue weighted by Gasteiger charge is -2.35. The molecule has 1 heterocycles. The normalized spacial score (nSPS) is 29.3. The van der Waals surface area contributed by atoms with E-state index in [1.54, 1.807) is 0 Å². The molecule has 90 valence electrons. The minimum atomic E-state index is -2.88. The number of rotatable bonds is 4. The SMILES string of the molecule is CC1CN(CCS(C)(=O)=O)CC(CCl)O1. The summed E-state index contributed by atoms with van der Waals surface area (Å²) in [5.41, 5.74) is 0. The van der Waals surface area contributed by atoms with E-state index in [-0.39, 0.29) is 18.0 Å². The fourth-order valence-electron chi connectivity index (χ4n) is 1.70. The van der Waals surface area contributed by atoms with Gasteiger partial charge in [0.15, 0.2) is 0 Å². The molecule has 0 aromatic heterocycles. The number of morpholine rings is 1. The van der Waals surface area contributed by atoms with Crippen LogP contribution in [0, 0.1) is 0 Å². The van der Waals surface area contributed by atoms with Crippen LogP contribution in [0.5, 0.6) is 0 Å².